The van der Waals surface area contributed by atoms with Crippen LogP contribution in [0.5, 0.6) is 0 Å². The van der Waals surface area contributed by atoms with Crippen molar-refractivity contribution >= 4 is 29.0 Å². The van der Waals surface area contributed by atoms with E-state index in [2.05, 4.69) is 20.3 Å². The van der Waals surface area contributed by atoms with E-state index in [4.69, 9.17) is 17.3 Å². The van der Waals surface area contributed by atoms with Crippen LogP contribution in [-0.2, 0) is 18.3 Å². The Morgan fingerprint density at radius 2 is 2.03 bits per heavy atom. The number of nitrogens with zero attached hydrogens (tertiary/aromatic N) is 4. The minimum atomic E-state index is -4.69. The van der Waals surface area contributed by atoms with Crippen LogP contribution in [0.4, 0.5) is 23.2 Å². The first kappa shape index (κ1) is 21.8. The van der Waals surface area contributed by atoms with Gasteiger partial charge in [0.25, 0.3) is 5.91 Å². The average Bonchev–Trinajstić information content (AvgIpc) is 3.15. The van der Waals surface area contributed by atoms with E-state index >= 15 is 0 Å². The maximum absolute atomic E-state index is 14.0. The molecule has 4 rings (SSSR count). The summed E-state index contributed by atoms with van der Waals surface area (Å²) >= 11 is 5.63. The molecule has 1 unspecified atom stereocenters. The van der Waals surface area contributed by atoms with E-state index < -0.39 is 34.7 Å². The second-order valence-electron chi connectivity index (χ2n) is 7.35. The molecule has 3 heterocycles. The molecule has 1 aromatic carbocycles. The molecule has 0 radical (unpaired) electrons. The number of carbonyl (C=O) groups excluding carboxylic acids is 1. The highest BCUT2D eigenvalue weighted by Crippen LogP contribution is 2.41. The molecule has 3 aromatic rings. The predicted octanol–water partition coefficient (Wildman–Crippen LogP) is 3.98. The van der Waals surface area contributed by atoms with Gasteiger partial charge in [0.1, 0.15) is 5.54 Å². The van der Waals surface area contributed by atoms with Gasteiger partial charge in [0.2, 0.25) is 0 Å². The molecule has 1 aliphatic heterocycles. The molecule has 32 heavy (non-hydrogen) atoms. The number of nitrogens with one attached hydrogen (secondary N) is 1. The van der Waals surface area contributed by atoms with E-state index in [-0.39, 0.29) is 28.7 Å². The van der Waals surface area contributed by atoms with Crippen LogP contribution < -0.4 is 11.1 Å². The van der Waals surface area contributed by atoms with Crippen molar-refractivity contribution in [3.63, 3.8) is 0 Å². The van der Waals surface area contributed by atoms with Crippen LogP contribution in [0.15, 0.2) is 47.8 Å². The van der Waals surface area contributed by atoms with Crippen LogP contribution in [0.1, 0.15) is 34.4 Å². The minimum Gasteiger partial charge on any atom is -0.381 e. The van der Waals surface area contributed by atoms with Gasteiger partial charge < -0.3 is 15.6 Å². The number of anilines is 1. The number of fused-ring (bicyclic) bond motifs is 1. The number of hydrogen-bond donors (Lipinski definition) is 2. The fourth-order valence-corrected chi connectivity index (χ4v) is 3.73. The Labute approximate surface area is 183 Å². The van der Waals surface area contributed by atoms with Crippen molar-refractivity contribution in [2.24, 2.45) is 10.7 Å². The van der Waals surface area contributed by atoms with E-state index in [0.29, 0.717) is 5.82 Å². The second-order valence-corrected chi connectivity index (χ2v) is 7.78. The summed E-state index contributed by atoms with van der Waals surface area (Å²) in [6.07, 6.45) is -0.549. The van der Waals surface area contributed by atoms with E-state index in [1.807, 2.05) is 0 Å². The van der Waals surface area contributed by atoms with Crippen molar-refractivity contribution < 1.29 is 22.4 Å². The van der Waals surface area contributed by atoms with Crippen molar-refractivity contribution in [2.45, 2.75) is 25.2 Å². The molecular formula is C20H15ClF4N6O. The SMILES string of the molecule is CC1(c2cc(NC(=O)c3ncc(Cl)cc3F)ccc2C(F)(F)F)Cn2ccnc2C(N)=N1. The quantitative estimate of drug-likeness (QED) is 0.570. The topological polar surface area (TPSA) is 98.2 Å². The summed E-state index contributed by atoms with van der Waals surface area (Å²) in [6, 6.07) is 3.95. The summed E-state index contributed by atoms with van der Waals surface area (Å²) in [7, 11) is 0. The Hall–Kier alpha value is -3.47. The smallest absolute Gasteiger partial charge is 0.381 e. The number of amidine groups is 1. The standard InChI is InChI=1S/C20H15ClF4N6O/c1-19(9-31-5-4-27-17(31)16(26)30-19)13-7-11(2-3-12(13)20(23,24)25)29-18(32)15-14(22)6-10(21)8-28-15/h2-8H,9H2,1H3,(H2,26,30)(H,29,32). The van der Waals surface area contributed by atoms with Gasteiger partial charge in [-0.05, 0) is 36.8 Å². The lowest BCUT2D eigenvalue weighted by Crippen LogP contribution is -2.38. The summed E-state index contributed by atoms with van der Waals surface area (Å²) in [4.78, 5) is 24.4. The molecule has 0 bridgehead atoms. The Bertz CT molecular complexity index is 1260. The monoisotopic (exact) mass is 466 g/mol. The summed E-state index contributed by atoms with van der Waals surface area (Å²) in [5.41, 5.74) is 2.83. The number of alkyl halides is 3. The molecule has 0 saturated carbocycles. The van der Waals surface area contributed by atoms with Crippen molar-refractivity contribution in [2.75, 3.05) is 5.32 Å². The van der Waals surface area contributed by atoms with Crippen LogP contribution in [-0.4, -0.2) is 26.3 Å². The Morgan fingerprint density at radius 3 is 2.72 bits per heavy atom. The zero-order valence-electron chi connectivity index (χ0n) is 16.4. The van der Waals surface area contributed by atoms with Gasteiger partial charge in [-0.25, -0.2) is 14.4 Å². The van der Waals surface area contributed by atoms with E-state index in [1.165, 1.54) is 13.1 Å². The molecule has 166 valence electrons. The van der Waals surface area contributed by atoms with Gasteiger partial charge in [0.15, 0.2) is 23.2 Å². The molecule has 1 aliphatic rings. The van der Waals surface area contributed by atoms with Crippen molar-refractivity contribution in [1.82, 2.24) is 14.5 Å². The van der Waals surface area contributed by atoms with Gasteiger partial charge in [0, 0.05) is 24.3 Å². The molecule has 0 spiro atoms. The van der Waals surface area contributed by atoms with Gasteiger partial charge in [0.05, 0.1) is 17.1 Å². The van der Waals surface area contributed by atoms with Gasteiger partial charge in [-0.2, -0.15) is 13.2 Å². The first-order chi connectivity index (χ1) is 15.0. The van der Waals surface area contributed by atoms with Gasteiger partial charge >= 0.3 is 6.18 Å². The second kappa shape index (κ2) is 7.59. The number of imidazole rings is 1. The highest BCUT2D eigenvalue weighted by atomic mass is 35.5. The molecular weight excluding hydrogens is 452 g/mol. The lowest BCUT2D eigenvalue weighted by Gasteiger charge is -2.33. The number of halogens is 5. The van der Waals surface area contributed by atoms with Crippen LogP contribution >= 0.6 is 11.6 Å². The summed E-state index contributed by atoms with van der Waals surface area (Å²) in [5.74, 6) is -1.58. The molecule has 1 atom stereocenters. The number of amides is 1. The molecule has 1 amide bonds. The average molecular weight is 467 g/mol. The fraction of sp³-hybridized carbons (Fsp3) is 0.200. The third kappa shape index (κ3) is 3.91. The third-order valence-electron chi connectivity index (χ3n) is 4.98. The Kier molecular flexibility index (Phi) is 5.16. The number of benzene rings is 1. The molecule has 0 fully saturated rings. The largest absolute Gasteiger partial charge is 0.416 e. The van der Waals surface area contributed by atoms with E-state index in [0.717, 1.165) is 30.5 Å². The summed E-state index contributed by atoms with van der Waals surface area (Å²) < 4.78 is 57.0. The Morgan fingerprint density at radius 1 is 1.28 bits per heavy atom. The third-order valence-corrected chi connectivity index (χ3v) is 5.18. The van der Waals surface area contributed by atoms with Crippen LogP contribution in [0.3, 0.4) is 0 Å². The van der Waals surface area contributed by atoms with Crippen molar-refractivity contribution in [3.05, 3.63) is 76.3 Å². The first-order valence-corrected chi connectivity index (χ1v) is 9.57. The fourth-order valence-electron chi connectivity index (χ4n) is 3.59. The molecule has 2 aromatic heterocycles. The highest BCUT2D eigenvalue weighted by molar-refractivity contribution is 6.30. The highest BCUT2D eigenvalue weighted by Gasteiger charge is 2.42. The van der Waals surface area contributed by atoms with Gasteiger partial charge in [-0.15, -0.1) is 0 Å². The van der Waals surface area contributed by atoms with Crippen LogP contribution in [0, 0.1) is 5.82 Å². The molecule has 7 nitrogen and oxygen atoms in total. The number of pyridine rings is 1. The molecule has 0 saturated heterocycles. The van der Waals surface area contributed by atoms with Crippen LogP contribution in [0.2, 0.25) is 5.02 Å². The van der Waals surface area contributed by atoms with Crippen molar-refractivity contribution in [3.8, 4) is 0 Å². The van der Waals surface area contributed by atoms with E-state index in [9.17, 15) is 22.4 Å². The number of aliphatic imine (C=N–C) groups is 1. The lowest BCUT2D eigenvalue weighted by molar-refractivity contribution is -0.138. The lowest BCUT2D eigenvalue weighted by atomic mass is 9.86. The van der Waals surface area contributed by atoms with Crippen LogP contribution in [0.25, 0.3) is 0 Å². The number of hydrogen-bond acceptors (Lipinski definition) is 5. The van der Waals surface area contributed by atoms with E-state index in [1.54, 1.807) is 10.8 Å². The Balaban J connectivity index is 1.76. The molecule has 3 N–H and O–H groups in total. The molecule has 12 heteroatoms. The predicted molar refractivity (Wildman–Crippen MR) is 109 cm³/mol. The zero-order valence-corrected chi connectivity index (χ0v) is 17.2. The number of rotatable bonds is 3. The number of aromatic nitrogens is 3. The first-order valence-electron chi connectivity index (χ1n) is 9.19. The summed E-state index contributed by atoms with van der Waals surface area (Å²) in [5, 5.41) is 2.36. The minimum absolute atomic E-state index is 0.000532. The number of carbonyl (C=O) groups is 1. The maximum atomic E-state index is 14.0. The maximum Gasteiger partial charge on any atom is 0.416 e. The number of nitrogens with two attached hydrogens (primary N) is 1. The zero-order chi connectivity index (χ0) is 23.3. The normalized spacial score (nSPS) is 18.1. The van der Waals surface area contributed by atoms with Gasteiger partial charge in [-0.1, -0.05) is 11.6 Å². The van der Waals surface area contributed by atoms with Crippen molar-refractivity contribution in [1.29, 1.82) is 0 Å². The molecule has 0 aliphatic carbocycles. The summed E-state index contributed by atoms with van der Waals surface area (Å²) in [6.45, 7) is 1.54. The van der Waals surface area contributed by atoms with Gasteiger partial charge in [-0.3, -0.25) is 9.79 Å².